The van der Waals surface area contributed by atoms with E-state index in [1.54, 1.807) is 18.3 Å². The summed E-state index contributed by atoms with van der Waals surface area (Å²) in [5.74, 6) is 0.214. The molecule has 1 heterocycles. The van der Waals surface area contributed by atoms with Crippen LogP contribution in [-0.4, -0.2) is 4.98 Å². The van der Waals surface area contributed by atoms with Crippen LogP contribution >= 0.6 is 0 Å². The van der Waals surface area contributed by atoms with E-state index in [-0.39, 0.29) is 5.82 Å². The standard InChI is InChI=1S/C13H13FN2/c1-2-9-3-4-11(14)8-12(9)10-5-6-16-13(15)7-10/h3-8H,2H2,1H3,(H2,15,16). The van der Waals surface area contributed by atoms with E-state index in [4.69, 9.17) is 5.73 Å². The van der Waals surface area contributed by atoms with Crippen LogP contribution in [0.2, 0.25) is 0 Å². The van der Waals surface area contributed by atoms with E-state index in [1.165, 1.54) is 12.1 Å². The molecule has 1 aromatic heterocycles. The van der Waals surface area contributed by atoms with Crippen molar-refractivity contribution in [2.45, 2.75) is 13.3 Å². The first-order valence-corrected chi connectivity index (χ1v) is 5.21. The molecule has 3 heteroatoms. The molecule has 0 radical (unpaired) electrons. The highest BCUT2D eigenvalue weighted by molar-refractivity contribution is 5.69. The number of aromatic nitrogens is 1. The fourth-order valence-corrected chi connectivity index (χ4v) is 1.74. The van der Waals surface area contributed by atoms with Gasteiger partial charge in [0, 0.05) is 6.20 Å². The van der Waals surface area contributed by atoms with Crippen molar-refractivity contribution in [2.75, 3.05) is 5.73 Å². The largest absolute Gasteiger partial charge is 0.384 e. The fourth-order valence-electron chi connectivity index (χ4n) is 1.74. The Morgan fingerprint density at radius 1 is 1.25 bits per heavy atom. The van der Waals surface area contributed by atoms with Gasteiger partial charge in [-0.15, -0.1) is 0 Å². The first kappa shape index (κ1) is 10.6. The van der Waals surface area contributed by atoms with Crippen LogP contribution in [-0.2, 0) is 6.42 Å². The van der Waals surface area contributed by atoms with Gasteiger partial charge in [0.05, 0.1) is 0 Å². The molecule has 0 saturated carbocycles. The van der Waals surface area contributed by atoms with Crippen LogP contribution in [0.15, 0.2) is 36.5 Å². The van der Waals surface area contributed by atoms with Crippen molar-refractivity contribution in [3.63, 3.8) is 0 Å². The Labute approximate surface area is 93.9 Å². The maximum Gasteiger partial charge on any atom is 0.123 e. The minimum absolute atomic E-state index is 0.234. The third-order valence-electron chi connectivity index (χ3n) is 2.54. The lowest BCUT2D eigenvalue weighted by Crippen LogP contribution is -1.93. The molecule has 2 N–H and O–H groups in total. The maximum atomic E-state index is 13.2. The molecule has 2 nitrogen and oxygen atoms in total. The number of aryl methyl sites for hydroxylation is 1. The average Bonchev–Trinajstić information content (AvgIpc) is 2.29. The zero-order valence-corrected chi connectivity index (χ0v) is 9.07. The SMILES string of the molecule is CCc1ccc(F)cc1-c1ccnc(N)c1. The summed E-state index contributed by atoms with van der Waals surface area (Å²) in [6.07, 6.45) is 2.49. The van der Waals surface area contributed by atoms with E-state index in [1.807, 2.05) is 13.0 Å². The minimum atomic E-state index is -0.234. The molecule has 0 spiro atoms. The highest BCUT2D eigenvalue weighted by Crippen LogP contribution is 2.25. The van der Waals surface area contributed by atoms with Crippen molar-refractivity contribution in [1.82, 2.24) is 4.98 Å². The van der Waals surface area contributed by atoms with Gasteiger partial charge >= 0.3 is 0 Å². The van der Waals surface area contributed by atoms with Crippen LogP contribution in [0, 0.1) is 5.82 Å². The second-order valence-electron chi connectivity index (χ2n) is 3.62. The Balaban J connectivity index is 2.58. The first-order chi connectivity index (χ1) is 7.70. The summed E-state index contributed by atoms with van der Waals surface area (Å²) >= 11 is 0. The molecule has 0 atom stereocenters. The minimum Gasteiger partial charge on any atom is -0.384 e. The molecule has 0 aliphatic rings. The van der Waals surface area contributed by atoms with Crippen molar-refractivity contribution in [3.05, 3.63) is 47.9 Å². The molecule has 82 valence electrons. The number of hydrogen-bond acceptors (Lipinski definition) is 2. The summed E-state index contributed by atoms with van der Waals surface area (Å²) < 4.78 is 13.2. The van der Waals surface area contributed by atoms with Gasteiger partial charge in [0.2, 0.25) is 0 Å². The van der Waals surface area contributed by atoms with Gasteiger partial charge in [-0.3, -0.25) is 0 Å². The van der Waals surface area contributed by atoms with E-state index >= 15 is 0 Å². The predicted molar refractivity (Wildman–Crippen MR) is 63.4 cm³/mol. The first-order valence-electron chi connectivity index (χ1n) is 5.21. The number of nitrogens with zero attached hydrogens (tertiary/aromatic N) is 1. The number of nitrogen functional groups attached to an aromatic ring is 1. The van der Waals surface area contributed by atoms with Crippen LogP contribution in [0.25, 0.3) is 11.1 Å². The van der Waals surface area contributed by atoms with Crippen molar-refractivity contribution in [3.8, 4) is 11.1 Å². The number of pyridine rings is 1. The van der Waals surface area contributed by atoms with E-state index < -0.39 is 0 Å². The molecular weight excluding hydrogens is 203 g/mol. The predicted octanol–water partition coefficient (Wildman–Crippen LogP) is 3.03. The van der Waals surface area contributed by atoms with E-state index in [0.717, 1.165) is 23.1 Å². The lowest BCUT2D eigenvalue weighted by atomic mass is 9.99. The molecule has 0 saturated heterocycles. The number of nitrogens with two attached hydrogens (primary N) is 1. The van der Waals surface area contributed by atoms with Gasteiger partial charge in [0.15, 0.2) is 0 Å². The molecule has 1 aromatic carbocycles. The summed E-state index contributed by atoms with van der Waals surface area (Å²) in [5.41, 5.74) is 8.52. The van der Waals surface area contributed by atoms with Gasteiger partial charge in [-0.25, -0.2) is 9.37 Å². The van der Waals surface area contributed by atoms with E-state index in [2.05, 4.69) is 4.98 Å². The molecule has 0 unspecified atom stereocenters. The van der Waals surface area contributed by atoms with Gasteiger partial charge in [-0.1, -0.05) is 13.0 Å². The van der Waals surface area contributed by atoms with Gasteiger partial charge < -0.3 is 5.73 Å². The number of rotatable bonds is 2. The molecule has 0 bridgehead atoms. The maximum absolute atomic E-state index is 13.2. The third-order valence-corrected chi connectivity index (χ3v) is 2.54. The summed E-state index contributed by atoms with van der Waals surface area (Å²) in [7, 11) is 0. The molecular formula is C13H13FN2. The zero-order chi connectivity index (χ0) is 11.5. The topological polar surface area (TPSA) is 38.9 Å². The molecule has 2 rings (SSSR count). The Hall–Kier alpha value is -1.90. The second-order valence-corrected chi connectivity index (χ2v) is 3.62. The van der Waals surface area contributed by atoms with E-state index in [0.29, 0.717) is 5.82 Å². The van der Waals surface area contributed by atoms with Crippen molar-refractivity contribution in [2.24, 2.45) is 0 Å². The number of hydrogen-bond donors (Lipinski definition) is 1. The van der Waals surface area contributed by atoms with Crippen LogP contribution in [0.5, 0.6) is 0 Å². The van der Waals surface area contributed by atoms with Crippen LogP contribution in [0.4, 0.5) is 10.2 Å². The summed E-state index contributed by atoms with van der Waals surface area (Å²) in [4.78, 5) is 3.93. The lowest BCUT2D eigenvalue weighted by Gasteiger charge is -2.08. The van der Waals surface area contributed by atoms with Crippen LogP contribution in [0.1, 0.15) is 12.5 Å². The zero-order valence-electron chi connectivity index (χ0n) is 9.07. The van der Waals surface area contributed by atoms with Crippen molar-refractivity contribution in [1.29, 1.82) is 0 Å². The monoisotopic (exact) mass is 216 g/mol. The highest BCUT2D eigenvalue weighted by Gasteiger charge is 2.05. The summed E-state index contributed by atoms with van der Waals surface area (Å²) in [6, 6.07) is 8.42. The van der Waals surface area contributed by atoms with Gasteiger partial charge in [0.1, 0.15) is 11.6 Å². The summed E-state index contributed by atoms with van der Waals surface area (Å²) in [5, 5.41) is 0. The van der Waals surface area contributed by atoms with Crippen LogP contribution in [0.3, 0.4) is 0 Å². The Morgan fingerprint density at radius 3 is 2.75 bits per heavy atom. The Bertz CT molecular complexity index is 509. The molecule has 0 aliphatic carbocycles. The van der Waals surface area contributed by atoms with E-state index in [9.17, 15) is 4.39 Å². The van der Waals surface area contributed by atoms with Gasteiger partial charge in [0.25, 0.3) is 0 Å². The Kier molecular flexibility index (Phi) is 2.86. The smallest absolute Gasteiger partial charge is 0.123 e. The molecule has 0 amide bonds. The number of halogens is 1. The molecule has 16 heavy (non-hydrogen) atoms. The van der Waals surface area contributed by atoms with Crippen molar-refractivity contribution >= 4 is 5.82 Å². The van der Waals surface area contributed by atoms with Gasteiger partial charge in [-0.05, 0) is 47.4 Å². The average molecular weight is 216 g/mol. The number of anilines is 1. The second kappa shape index (κ2) is 4.31. The van der Waals surface area contributed by atoms with Crippen molar-refractivity contribution < 1.29 is 4.39 Å². The normalized spacial score (nSPS) is 10.4. The fraction of sp³-hybridized carbons (Fsp3) is 0.154. The Morgan fingerprint density at radius 2 is 2.06 bits per heavy atom. The highest BCUT2D eigenvalue weighted by atomic mass is 19.1. The van der Waals surface area contributed by atoms with Gasteiger partial charge in [-0.2, -0.15) is 0 Å². The van der Waals surface area contributed by atoms with Crippen LogP contribution < -0.4 is 5.73 Å². The quantitative estimate of drug-likeness (QED) is 0.838. The lowest BCUT2D eigenvalue weighted by molar-refractivity contribution is 0.627. The molecule has 0 aliphatic heterocycles. The number of benzene rings is 1. The molecule has 2 aromatic rings. The molecule has 0 fully saturated rings. The summed E-state index contributed by atoms with van der Waals surface area (Å²) in [6.45, 7) is 2.04. The third kappa shape index (κ3) is 2.03.